The van der Waals surface area contributed by atoms with Gasteiger partial charge in [-0.2, -0.15) is 0 Å². The lowest BCUT2D eigenvalue weighted by atomic mass is 9.90. The van der Waals surface area contributed by atoms with Crippen LogP contribution in [0.5, 0.6) is 0 Å². The van der Waals surface area contributed by atoms with Gasteiger partial charge in [-0.25, -0.2) is 0 Å². The minimum Gasteiger partial charge on any atom is -0.480 e. The summed E-state index contributed by atoms with van der Waals surface area (Å²) in [5.41, 5.74) is -0.977. The summed E-state index contributed by atoms with van der Waals surface area (Å²) in [6, 6.07) is 2.08. The van der Waals surface area contributed by atoms with Gasteiger partial charge in [-0.3, -0.25) is 4.79 Å². The molecular weight excluding hydrogens is 302 g/mol. The van der Waals surface area contributed by atoms with Crippen molar-refractivity contribution in [3.05, 3.63) is 20.8 Å². The molecule has 96 valence electrons. The quantitative estimate of drug-likeness (QED) is 0.876. The Hall–Kier alpha value is -0.390. The number of carbonyl (C=O) groups is 1. The number of hydrogen-bond donors (Lipinski definition) is 2. The first-order chi connectivity index (χ1) is 7.65. The first-order valence-corrected chi connectivity index (χ1v) is 7.05. The smallest absolute Gasteiger partial charge is 0.323 e. The fraction of sp³-hybridized carbons (Fsp3) is 0.583. The van der Waals surface area contributed by atoms with Gasteiger partial charge in [-0.1, -0.05) is 13.8 Å². The predicted octanol–water partition coefficient (Wildman–Crippen LogP) is 3.24. The number of carboxylic acids is 1. The van der Waals surface area contributed by atoms with Crippen molar-refractivity contribution in [2.24, 2.45) is 0 Å². The van der Waals surface area contributed by atoms with Gasteiger partial charge in [0.25, 0.3) is 0 Å². The molecule has 1 heterocycles. The van der Waals surface area contributed by atoms with Crippen LogP contribution in [0.1, 0.15) is 32.6 Å². The van der Waals surface area contributed by atoms with E-state index in [-0.39, 0.29) is 5.41 Å². The first kappa shape index (κ1) is 14.7. The molecule has 0 unspecified atom stereocenters. The van der Waals surface area contributed by atoms with E-state index in [4.69, 9.17) is 5.11 Å². The van der Waals surface area contributed by atoms with Gasteiger partial charge in [-0.05, 0) is 35.8 Å². The SMILES string of the molecule is CC(C)(NCC(C)(C)c1cc(Br)cs1)C(=O)O. The van der Waals surface area contributed by atoms with Crippen LogP contribution in [0.25, 0.3) is 0 Å². The summed E-state index contributed by atoms with van der Waals surface area (Å²) in [6.07, 6.45) is 0. The Morgan fingerprint density at radius 1 is 1.47 bits per heavy atom. The lowest BCUT2D eigenvalue weighted by molar-refractivity contribution is -0.143. The van der Waals surface area contributed by atoms with E-state index >= 15 is 0 Å². The normalized spacial score (nSPS) is 12.8. The molecule has 0 bridgehead atoms. The Morgan fingerprint density at radius 3 is 2.47 bits per heavy atom. The maximum Gasteiger partial charge on any atom is 0.323 e. The molecule has 0 aliphatic carbocycles. The number of hydrogen-bond acceptors (Lipinski definition) is 3. The van der Waals surface area contributed by atoms with Crippen molar-refractivity contribution >= 4 is 33.2 Å². The Kier molecular flexibility index (Phi) is 4.38. The molecule has 0 aromatic carbocycles. The van der Waals surface area contributed by atoms with Gasteiger partial charge in [0.05, 0.1) is 0 Å². The number of carboxylic acid groups (broad SMARTS) is 1. The number of nitrogens with one attached hydrogen (secondary N) is 1. The summed E-state index contributed by atoms with van der Waals surface area (Å²) in [5, 5.41) is 14.2. The molecule has 1 aromatic heterocycles. The molecule has 0 saturated carbocycles. The van der Waals surface area contributed by atoms with E-state index in [1.54, 1.807) is 25.2 Å². The summed E-state index contributed by atoms with van der Waals surface area (Å²) in [6.45, 7) is 8.19. The summed E-state index contributed by atoms with van der Waals surface area (Å²) in [4.78, 5) is 12.2. The fourth-order valence-electron chi connectivity index (χ4n) is 1.27. The molecule has 1 aromatic rings. The Balaban J connectivity index is 2.71. The summed E-state index contributed by atoms with van der Waals surface area (Å²) in [7, 11) is 0. The molecule has 0 radical (unpaired) electrons. The molecule has 0 amide bonds. The van der Waals surface area contributed by atoms with Crippen LogP contribution in [-0.4, -0.2) is 23.2 Å². The standard InChI is InChI=1S/C12H18BrNO2S/c1-11(2,9-5-8(13)6-17-9)7-14-12(3,4)10(15)16/h5-6,14H,7H2,1-4H3,(H,15,16). The molecule has 3 nitrogen and oxygen atoms in total. The van der Waals surface area contributed by atoms with Crippen molar-refractivity contribution < 1.29 is 9.90 Å². The van der Waals surface area contributed by atoms with E-state index in [0.29, 0.717) is 6.54 Å². The van der Waals surface area contributed by atoms with Gasteiger partial charge in [0.2, 0.25) is 0 Å². The Labute approximate surface area is 114 Å². The first-order valence-electron chi connectivity index (χ1n) is 5.38. The highest BCUT2D eigenvalue weighted by Crippen LogP contribution is 2.31. The molecular formula is C12H18BrNO2S. The van der Waals surface area contributed by atoms with Crippen LogP contribution in [0.4, 0.5) is 0 Å². The Bertz CT molecular complexity index is 412. The number of rotatable bonds is 5. The van der Waals surface area contributed by atoms with Gasteiger partial charge in [0, 0.05) is 26.7 Å². The average molecular weight is 320 g/mol. The van der Waals surface area contributed by atoms with Crippen LogP contribution in [-0.2, 0) is 10.2 Å². The largest absolute Gasteiger partial charge is 0.480 e. The molecule has 0 saturated heterocycles. The van der Waals surface area contributed by atoms with E-state index in [1.165, 1.54) is 4.88 Å². The highest BCUT2D eigenvalue weighted by atomic mass is 79.9. The lowest BCUT2D eigenvalue weighted by Crippen LogP contribution is -2.50. The van der Waals surface area contributed by atoms with E-state index in [1.807, 2.05) is 5.38 Å². The second-order valence-corrected chi connectivity index (χ2v) is 7.12. The van der Waals surface area contributed by atoms with Crippen molar-refractivity contribution in [3.63, 3.8) is 0 Å². The highest BCUT2D eigenvalue weighted by Gasteiger charge is 2.30. The van der Waals surface area contributed by atoms with Gasteiger partial charge >= 0.3 is 5.97 Å². The number of thiophene rings is 1. The fourth-order valence-corrected chi connectivity index (χ4v) is 2.83. The molecule has 5 heteroatoms. The minimum absolute atomic E-state index is 0.0800. The molecule has 0 atom stereocenters. The second kappa shape index (κ2) is 5.08. The highest BCUT2D eigenvalue weighted by molar-refractivity contribution is 9.10. The topological polar surface area (TPSA) is 49.3 Å². The third kappa shape index (κ3) is 3.79. The monoisotopic (exact) mass is 319 g/mol. The zero-order valence-corrected chi connectivity index (χ0v) is 12.9. The lowest BCUT2D eigenvalue weighted by Gasteiger charge is -2.29. The third-order valence-electron chi connectivity index (χ3n) is 2.74. The molecule has 2 N–H and O–H groups in total. The van der Waals surface area contributed by atoms with E-state index in [9.17, 15) is 4.79 Å². The third-order valence-corrected chi connectivity index (χ3v) is 4.80. The Morgan fingerprint density at radius 2 is 2.06 bits per heavy atom. The van der Waals surface area contributed by atoms with E-state index in [0.717, 1.165) is 4.47 Å². The molecule has 0 fully saturated rings. The van der Waals surface area contributed by atoms with Gasteiger partial charge in [0.1, 0.15) is 5.54 Å². The van der Waals surface area contributed by atoms with Gasteiger partial charge in [0.15, 0.2) is 0 Å². The van der Waals surface area contributed by atoms with Crippen molar-refractivity contribution in [2.75, 3.05) is 6.54 Å². The number of halogens is 1. The van der Waals surface area contributed by atoms with Crippen molar-refractivity contribution in [1.29, 1.82) is 0 Å². The predicted molar refractivity (Wildman–Crippen MR) is 74.8 cm³/mol. The van der Waals surface area contributed by atoms with Crippen LogP contribution in [0.15, 0.2) is 15.9 Å². The zero-order valence-electron chi connectivity index (χ0n) is 10.5. The van der Waals surface area contributed by atoms with E-state index < -0.39 is 11.5 Å². The maximum absolute atomic E-state index is 11.0. The van der Waals surface area contributed by atoms with Crippen LogP contribution in [0.2, 0.25) is 0 Å². The molecule has 0 spiro atoms. The van der Waals surface area contributed by atoms with Crippen LogP contribution < -0.4 is 5.32 Å². The average Bonchev–Trinajstić information content (AvgIpc) is 2.63. The van der Waals surface area contributed by atoms with Crippen molar-refractivity contribution in [3.8, 4) is 0 Å². The zero-order chi connectivity index (χ0) is 13.3. The molecule has 0 aliphatic heterocycles. The maximum atomic E-state index is 11.0. The number of aliphatic carboxylic acids is 1. The van der Waals surface area contributed by atoms with Crippen LogP contribution in [0, 0.1) is 0 Å². The summed E-state index contributed by atoms with van der Waals surface area (Å²) < 4.78 is 1.07. The van der Waals surface area contributed by atoms with Crippen molar-refractivity contribution in [2.45, 2.75) is 38.6 Å². The molecule has 17 heavy (non-hydrogen) atoms. The second-order valence-electron chi connectivity index (χ2n) is 5.30. The summed E-state index contributed by atoms with van der Waals surface area (Å²) >= 11 is 5.12. The minimum atomic E-state index is -0.897. The van der Waals surface area contributed by atoms with Crippen LogP contribution >= 0.6 is 27.3 Å². The summed E-state index contributed by atoms with van der Waals surface area (Å²) in [5.74, 6) is -0.833. The molecule has 0 aliphatic rings. The van der Waals surface area contributed by atoms with Crippen LogP contribution in [0.3, 0.4) is 0 Å². The van der Waals surface area contributed by atoms with Crippen molar-refractivity contribution in [1.82, 2.24) is 5.32 Å². The molecule has 1 rings (SSSR count). The van der Waals surface area contributed by atoms with E-state index in [2.05, 4.69) is 41.2 Å². The van der Waals surface area contributed by atoms with Gasteiger partial charge < -0.3 is 10.4 Å². The van der Waals surface area contributed by atoms with Gasteiger partial charge in [-0.15, -0.1) is 11.3 Å².